The average Bonchev–Trinajstić information content (AvgIpc) is 3.24. The third-order valence-corrected chi connectivity index (χ3v) is 12.6. The van der Waals surface area contributed by atoms with Crippen molar-refractivity contribution in [3.05, 3.63) is 11.6 Å². The molecule has 1 amide bonds. The number of ether oxygens (including phenoxy) is 1. The molecule has 0 saturated heterocycles. The highest BCUT2D eigenvalue weighted by molar-refractivity contribution is 5.67. The van der Waals surface area contributed by atoms with Crippen molar-refractivity contribution < 1.29 is 9.53 Å². The number of rotatable bonds is 11. The molecule has 0 aromatic heterocycles. The van der Waals surface area contributed by atoms with Gasteiger partial charge in [0.1, 0.15) is 6.10 Å². The van der Waals surface area contributed by atoms with E-state index in [9.17, 15) is 4.79 Å². The van der Waals surface area contributed by atoms with Gasteiger partial charge in [0, 0.05) is 13.0 Å². The SMILES string of the molecule is CC[C@H](CC[C@@H](C)[C@H]1CCC2[C@@H]3CC=C4C[C@@H](OC(=O)NCCCN(C)C)CC[C@]4(C)[C@H]3CC[C@@]21C)C(C)C. The lowest BCUT2D eigenvalue weighted by molar-refractivity contribution is -0.0583. The van der Waals surface area contributed by atoms with Crippen molar-refractivity contribution in [2.24, 2.45) is 52.3 Å². The zero-order valence-corrected chi connectivity index (χ0v) is 26.9. The highest BCUT2D eigenvalue weighted by Crippen LogP contribution is 2.67. The molecule has 0 spiro atoms. The van der Waals surface area contributed by atoms with Crippen LogP contribution in [0.5, 0.6) is 0 Å². The smallest absolute Gasteiger partial charge is 0.407 e. The summed E-state index contributed by atoms with van der Waals surface area (Å²) in [4.78, 5) is 14.6. The van der Waals surface area contributed by atoms with Crippen molar-refractivity contribution in [2.75, 3.05) is 27.2 Å². The summed E-state index contributed by atoms with van der Waals surface area (Å²) in [6.07, 6.45) is 17.7. The van der Waals surface area contributed by atoms with Crippen LogP contribution in [-0.4, -0.2) is 44.3 Å². The maximum atomic E-state index is 12.4. The molecule has 0 aliphatic heterocycles. The first kappa shape index (κ1) is 30.9. The summed E-state index contributed by atoms with van der Waals surface area (Å²) in [7, 11) is 4.13. The largest absolute Gasteiger partial charge is 0.446 e. The number of carbonyl (C=O) groups is 1. The van der Waals surface area contributed by atoms with Gasteiger partial charge in [0.2, 0.25) is 0 Å². The Labute approximate surface area is 241 Å². The van der Waals surface area contributed by atoms with Gasteiger partial charge in [0.25, 0.3) is 0 Å². The first-order valence-corrected chi connectivity index (χ1v) is 16.8. The monoisotopic (exact) mass is 542 g/mol. The van der Waals surface area contributed by atoms with E-state index in [1.165, 1.54) is 57.8 Å². The Morgan fingerprint density at radius 3 is 2.54 bits per heavy atom. The molecule has 9 atom stereocenters. The fraction of sp³-hybridized carbons (Fsp3) is 0.914. The summed E-state index contributed by atoms with van der Waals surface area (Å²) in [6, 6.07) is 0. The number of alkyl carbamates (subject to hydrolysis) is 1. The molecule has 0 bridgehead atoms. The van der Waals surface area contributed by atoms with Crippen LogP contribution in [0, 0.1) is 52.3 Å². The molecule has 1 N–H and O–H groups in total. The predicted octanol–water partition coefficient (Wildman–Crippen LogP) is 8.71. The van der Waals surface area contributed by atoms with E-state index in [1.54, 1.807) is 5.57 Å². The van der Waals surface area contributed by atoms with E-state index in [-0.39, 0.29) is 12.2 Å². The maximum Gasteiger partial charge on any atom is 0.407 e. The molecule has 39 heavy (non-hydrogen) atoms. The van der Waals surface area contributed by atoms with Crippen LogP contribution in [0.25, 0.3) is 0 Å². The molecule has 0 aromatic rings. The molecular weight excluding hydrogens is 480 g/mol. The Bertz CT molecular complexity index is 852. The van der Waals surface area contributed by atoms with E-state index in [1.807, 2.05) is 0 Å². The van der Waals surface area contributed by atoms with Crippen LogP contribution < -0.4 is 5.32 Å². The van der Waals surface area contributed by atoms with Gasteiger partial charge in [-0.1, -0.05) is 66.0 Å². The minimum absolute atomic E-state index is 0.0399. The van der Waals surface area contributed by atoms with Crippen LogP contribution in [-0.2, 0) is 4.74 Å². The number of fused-ring (bicyclic) bond motifs is 5. The van der Waals surface area contributed by atoms with Gasteiger partial charge in [-0.05, 0) is 131 Å². The van der Waals surface area contributed by atoms with E-state index in [4.69, 9.17) is 4.74 Å². The second kappa shape index (κ2) is 12.9. The zero-order chi connectivity index (χ0) is 28.4. The summed E-state index contributed by atoms with van der Waals surface area (Å²) in [5.74, 6) is 6.04. The molecule has 4 aliphatic rings. The van der Waals surface area contributed by atoms with Crippen molar-refractivity contribution in [1.82, 2.24) is 10.2 Å². The third-order valence-electron chi connectivity index (χ3n) is 12.6. The lowest BCUT2D eigenvalue weighted by Gasteiger charge is -2.58. The third kappa shape index (κ3) is 6.57. The van der Waals surface area contributed by atoms with Gasteiger partial charge in [-0.2, -0.15) is 0 Å². The minimum Gasteiger partial charge on any atom is -0.446 e. The predicted molar refractivity (Wildman–Crippen MR) is 164 cm³/mol. The van der Waals surface area contributed by atoms with E-state index < -0.39 is 0 Å². The van der Waals surface area contributed by atoms with E-state index in [2.05, 4.69) is 71.9 Å². The normalized spacial score (nSPS) is 37.5. The quantitative estimate of drug-likeness (QED) is 0.210. The van der Waals surface area contributed by atoms with Gasteiger partial charge in [0.15, 0.2) is 0 Å². The molecule has 224 valence electrons. The van der Waals surface area contributed by atoms with Crippen LogP contribution >= 0.6 is 0 Å². The zero-order valence-electron chi connectivity index (χ0n) is 26.9. The average molecular weight is 543 g/mol. The number of hydrogen-bond acceptors (Lipinski definition) is 3. The highest BCUT2D eigenvalue weighted by atomic mass is 16.6. The van der Waals surface area contributed by atoms with Gasteiger partial charge < -0.3 is 15.0 Å². The summed E-state index contributed by atoms with van der Waals surface area (Å²) >= 11 is 0. The van der Waals surface area contributed by atoms with Gasteiger partial charge >= 0.3 is 6.09 Å². The molecule has 0 aromatic carbocycles. The molecule has 4 nitrogen and oxygen atoms in total. The van der Waals surface area contributed by atoms with Crippen LogP contribution in [0.4, 0.5) is 4.79 Å². The highest BCUT2D eigenvalue weighted by Gasteiger charge is 2.59. The maximum absolute atomic E-state index is 12.4. The Balaban J connectivity index is 1.35. The molecule has 3 saturated carbocycles. The van der Waals surface area contributed by atoms with Crippen LogP contribution in [0.3, 0.4) is 0 Å². The number of nitrogens with one attached hydrogen (secondary N) is 1. The molecule has 4 aliphatic carbocycles. The number of carbonyl (C=O) groups excluding carboxylic acids is 1. The number of nitrogens with zero attached hydrogens (tertiary/aromatic N) is 1. The van der Waals surface area contributed by atoms with Crippen LogP contribution in [0.1, 0.15) is 119 Å². The second-order valence-electron chi connectivity index (χ2n) is 15.3. The Kier molecular flexibility index (Phi) is 10.2. The van der Waals surface area contributed by atoms with Crippen molar-refractivity contribution in [2.45, 2.75) is 125 Å². The number of allylic oxidation sites excluding steroid dienone is 1. The Morgan fingerprint density at radius 2 is 1.85 bits per heavy atom. The molecule has 4 rings (SSSR count). The standard InChI is InChI=1S/C35H62N2O2/c1-9-26(24(2)3)12-11-25(4)30-15-16-31-29-14-13-27-23-28(39-33(38)36-21-10-22-37(7)8)17-19-34(27,5)32(29)18-20-35(30,31)6/h13,24-26,28-32H,9-12,14-23H2,1-8H3,(H,36,38)/t25-,26-,28+,29+,30-,31?,32+,34+,35-/m1/s1. The topological polar surface area (TPSA) is 41.6 Å². The lowest BCUT2D eigenvalue weighted by atomic mass is 9.47. The number of amides is 1. The van der Waals surface area contributed by atoms with E-state index in [0.29, 0.717) is 17.4 Å². The fourth-order valence-electron chi connectivity index (χ4n) is 10.2. The molecule has 0 heterocycles. The molecule has 0 radical (unpaired) electrons. The first-order chi connectivity index (χ1) is 18.5. The molecule has 1 unspecified atom stereocenters. The molecule has 4 heteroatoms. The summed E-state index contributed by atoms with van der Waals surface area (Å²) in [5.41, 5.74) is 2.44. The van der Waals surface area contributed by atoms with E-state index >= 15 is 0 Å². The molecule has 3 fully saturated rings. The van der Waals surface area contributed by atoms with Crippen LogP contribution in [0.2, 0.25) is 0 Å². The fourth-order valence-corrected chi connectivity index (χ4v) is 10.2. The van der Waals surface area contributed by atoms with E-state index in [0.717, 1.165) is 67.2 Å². The Hall–Kier alpha value is -1.03. The van der Waals surface area contributed by atoms with Crippen molar-refractivity contribution >= 4 is 6.09 Å². The van der Waals surface area contributed by atoms with Gasteiger partial charge in [0.05, 0.1) is 0 Å². The van der Waals surface area contributed by atoms with Gasteiger partial charge in [-0.15, -0.1) is 0 Å². The minimum atomic E-state index is -0.227. The lowest BCUT2D eigenvalue weighted by Crippen LogP contribution is -2.51. The number of hydrogen-bond donors (Lipinski definition) is 1. The van der Waals surface area contributed by atoms with Crippen molar-refractivity contribution in [3.63, 3.8) is 0 Å². The second-order valence-corrected chi connectivity index (χ2v) is 15.3. The summed E-state index contributed by atoms with van der Waals surface area (Å²) in [5, 5.41) is 2.97. The molecular formula is C35H62N2O2. The van der Waals surface area contributed by atoms with Gasteiger partial charge in [-0.3, -0.25) is 0 Å². The van der Waals surface area contributed by atoms with Gasteiger partial charge in [-0.25, -0.2) is 4.79 Å². The Morgan fingerprint density at radius 1 is 1.08 bits per heavy atom. The van der Waals surface area contributed by atoms with Crippen molar-refractivity contribution in [1.29, 1.82) is 0 Å². The first-order valence-electron chi connectivity index (χ1n) is 16.8. The summed E-state index contributed by atoms with van der Waals surface area (Å²) < 4.78 is 5.91. The van der Waals surface area contributed by atoms with Crippen LogP contribution in [0.15, 0.2) is 11.6 Å². The summed E-state index contributed by atoms with van der Waals surface area (Å²) in [6.45, 7) is 16.8. The van der Waals surface area contributed by atoms with Crippen molar-refractivity contribution in [3.8, 4) is 0 Å².